The highest BCUT2D eigenvalue weighted by Crippen LogP contribution is 2.45. The summed E-state index contributed by atoms with van der Waals surface area (Å²) in [5, 5.41) is 7.48. The first-order valence-electron chi connectivity index (χ1n) is 8.48. The second-order valence-corrected chi connectivity index (χ2v) is 7.29. The third-order valence-corrected chi connectivity index (χ3v) is 4.55. The van der Waals surface area contributed by atoms with Crippen molar-refractivity contribution in [2.75, 3.05) is 26.6 Å². The maximum atomic E-state index is 12.4. The van der Waals surface area contributed by atoms with Crippen LogP contribution in [0.5, 0.6) is 17.2 Å². The van der Waals surface area contributed by atoms with Gasteiger partial charge >= 0.3 is 0 Å². The molecule has 1 aromatic heterocycles. The quantitative estimate of drug-likeness (QED) is 0.908. The van der Waals surface area contributed by atoms with Gasteiger partial charge in [0.25, 0.3) is 0 Å². The lowest BCUT2D eigenvalue weighted by Crippen LogP contribution is -2.30. The van der Waals surface area contributed by atoms with Crippen LogP contribution >= 0.6 is 0 Å². The Bertz CT molecular complexity index is 811. The second kappa shape index (κ2) is 6.55. The lowest BCUT2D eigenvalue weighted by Gasteiger charge is -2.28. The number of nitrogens with zero attached hydrogens (tertiary/aromatic N) is 2. The molecule has 2 aromatic rings. The van der Waals surface area contributed by atoms with Crippen molar-refractivity contribution in [3.8, 4) is 17.2 Å². The summed E-state index contributed by atoms with van der Waals surface area (Å²) in [5.74, 6) is 2.23. The van der Waals surface area contributed by atoms with Gasteiger partial charge in [-0.1, -0.05) is 0 Å². The molecule has 1 N–H and O–H groups in total. The number of nitrogens with one attached hydrogen (secondary N) is 1. The Morgan fingerprint density at radius 1 is 1.12 bits per heavy atom. The normalized spacial score (nSPS) is 16.7. The van der Waals surface area contributed by atoms with Gasteiger partial charge in [-0.3, -0.25) is 4.79 Å². The highest BCUT2D eigenvalue weighted by molar-refractivity contribution is 5.94. The zero-order chi connectivity index (χ0) is 19.1. The van der Waals surface area contributed by atoms with Crippen molar-refractivity contribution in [3.05, 3.63) is 29.5 Å². The smallest absolute Gasteiger partial charge is 0.226 e. The maximum Gasteiger partial charge on any atom is 0.226 e. The average Bonchev–Trinajstić information content (AvgIpc) is 3.03. The van der Waals surface area contributed by atoms with E-state index in [9.17, 15) is 4.79 Å². The van der Waals surface area contributed by atoms with Gasteiger partial charge in [-0.05, 0) is 38.5 Å². The highest BCUT2D eigenvalue weighted by atomic mass is 16.5. The molecule has 1 amide bonds. The van der Waals surface area contributed by atoms with Crippen LogP contribution < -0.4 is 19.5 Å². The summed E-state index contributed by atoms with van der Waals surface area (Å²) in [4.78, 5) is 12.4. The molecular formula is C19H25N3O4. The third-order valence-electron chi connectivity index (χ3n) is 4.55. The fraction of sp³-hybridized carbons (Fsp3) is 0.474. The summed E-state index contributed by atoms with van der Waals surface area (Å²) in [6.07, 6.45) is 2.16. The molecule has 0 spiro atoms. The van der Waals surface area contributed by atoms with E-state index in [4.69, 9.17) is 14.2 Å². The second-order valence-electron chi connectivity index (χ2n) is 7.29. The molecule has 26 heavy (non-hydrogen) atoms. The zero-order valence-electron chi connectivity index (χ0n) is 16.0. The van der Waals surface area contributed by atoms with Crippen LogP contribution in [0.25, 0.3) is 0 Å². The van der Waals surface area contributed by atoms with Gasteiger partial charge in [0.15, 0.2) is 11.5 Å². The number of benzene rings is 1. The van der Waals surface area contributed by atoms with Crippen molar-refractivity contribution >= 4 is 11.7 Å². The van der Waals surface area contributed by atoms with E-state index in [2.05, 4.69) is 31.2 Å². The number of hydrogen-bond donors (Lipinski definition) is 1. The number of ether oxygens (including phenoxy) is 3. The fourth-order valence-corrected chi connectivity index (χ4v) is 3.33. The van der Waals surface area contributed by atoms with Gasteiger partial charge in [-0.15, -0.1) is 0 Å². The summed E-state index contributed by atoms with van der Waals surface area (Å²) in [5.41, 5.74) is 1.66. The first-order chi connectivity index (χ1) is 12.3. The number of hydrogen-bond acceptors (Lipinski definition) is 5. The van der Waals surface area contributed by atoms with Crippen LogP contribution in [0.1, 0.15) is 44.2 Å². The third kappa shape index (κ3) is 2.98. The Kier molecular flexibility index (Phi) is 4.56. The van der Waals surface area contributed by atoms with Crippen molar-refractivity contribution in [1.29, 1.82) is 0 Å². The SMILES string of the molecule is COc1cc([C@H]2CC(=O)Nc3c2cnn3C(C)(C)C)cc(OC)c1OC. The van der Waals surface area contributed by atoms with Crippen molar-refractivity contribution in [3.63, 3.8) is 0 Å². The number of carbonyl (C=O) groups excluding carboxylic acids is 1. The Balaban J connectivity index is 2.15. The van der Waals surface area contributed by atoms with Crippen LogP contribution in [-0.4, -0.2) is 37.0 Å². The number of methoxy groups -OCH3 is 3. The standard InChI is InChI=1S/C19H25N3O4/c1-19(2,3)22-18-13(10-20-22)12(9-16(23)21-18)11-7-14(24-4)17(26-6)15(8-11)25-5/h7-8,10,12H,9H2,1-6H3,(H,21,23)/t12-/m1/s1. The van der Waals surface area contributed by atoms with E-state index in [0.29, 0.717) is 23.7 Å². The molecular weight excluding hydrogens is 334 g/mol. The number of rotatable bonds is 4. The molecule has 1 aromatic carbocycles. The summed E-state index contributed by atoms with van der Waals surface area (Å²) < 4.78 is 18.2. The fourth-order valence-electron chi connectivity index (χ4n) is 3.33. The van der Waals surface area contributed by atoms with Gasteiger partial charge < -0.3 is 19.5 Å². The van der Waals surface area contributed by atoms with Crippen LogP contribution in [0.2, 0.25) is 0 Å². The molecule has 0 bridgehead atoms. The average molecular weight is 359 g/mol. The molecule has 0 aliphatic carbocycles. The molecule has 3 rings (SSSR count). The van der Waals surface area contributed by atoms with Gasteiger partial charge in [0.05, 0.1) is 33.1 Å². The minimum absolute atomic E-state index is 0.0396. The van der Waals surface area contributed by atoms with E-state index in [1.54, 1.807) is 21.3 Å². The summed E-state index contributed by atoms with van der Waals surface area (Å²) in [6, 6.07) is 3.78. The lowest BCUT2D eigenvalue weighted by atomic mass is 9.87. The van der Waals surface area contributed by atoms with Crippen LogP contribution in [0.3, 0.4) is 0 Å². The Morgan fingerprint density at radius 3 is 2.23 bits per heavy atom. The van der Waals surface area contributed by atoms with Crippen LogP contribution in [0.4, 0.5) is 5.82 Å². The topological polar surface area (TPSA) is 74.6 Å². The predicted molar refractivity (Wildman–Crippen MR) is 98.4 cm³/mol. The molecule has 0 unspecified atom stereocenters. The van der Waals surface area contributed by atoms with Crippen molar-refractivity contribution < 1.29 is 19.0 Å². The molecule has 140 valence electrons. The van der Waals surface area contributed by atoms with Gasteiger partial charge in [0.2, 0.25) is 11.7 Å². The summed E-state index contributed by atoms with van der Waals surface area (Å²) in [6.45, 7) is 6.15. The molecule has 0 fully saturated rings. The van der Waals surface area contributed by atoms with Crippen molar-refractivity contribution in [2.24, 2.45) is 0 Å². The molecule has 7 nitrogen and oxygen atoms in total. The number of carbonyl (C=O) groups is 1. The maximum absolute atomic E-state index is 12.4. The molecule has 1 atom stereocenters. The van der Waals surface area contributed by atoms with E-state index < -0.39 is 0 Å². The Hall–Kier alpha value is -2.70. The van der Waals surface area contributed by atoms with Gasteiger partial charge in [0.1, 0.15) is 5.82 Å². The monoisotopic (exact) mass is 359 g/mol. The first-order valence-corrected chi connectivity index (χ1v) is 8.48. The van der Waals surface area contributed by atoms with Gasteiger partial charge in [-0.2, -0.15) is 5.10 Å². The predicted octanol–water partition coefficient (Wildman–Crippen LogP) is 3.14. The molecule has 1 aliphatic rings. The lowest BCUT2D eigenvalue weighted by molar-refractivity contribution is -0.116. The molecule has 0 radical (unpaired) electrons. The summed E-state index contributed by atoms with van der Waals surface area (Å²) in [7, 11) is 4.73. The molecule has 2 heterocycles. The highest BCUT2D eigenvalue weighted by Gasteiger charge is 2.33. The van der Waals surface area contributed by atoms with Crippen molar-refractivity contribution in [2.45, 2.75) is 38.6 Å². The number of fused-ring (bicyclic) bond motifs is 1. The summed E-state index contributed by atoms with van der Waals surface area (Å²) >= 11 is 0. The first kappa shape index (κ1) is 18.1. The van der Waals surface area contributed by atoms with Crippen LogP contribution in [0, 0.1) is 0 Å². The Labute approximate surface area is 153 Å². The minimum atomic E-state index is -0.238. The molecule has 7 heteroatoms. The van der Waals surface area contributed by atoms with Crippen LogP contribution in [0.15, 0.2) is 18.3 Å². The number of anilines is 1. The molecule has 1 aliphatic heterocycles. The van der Waals surface area contributed by atoms with Crippen molar-refractivity contribution in [1.82, 2.24) is 9.78 Å². The van der Waals surface area contributed by atoms with Gasteiger partial charge in [-0.25, -0.2) is 4.68 Å². The van der Waals surface area contributed by atoms with E-state index in [-0.39, 0.29) is 17.4 Å². The van der Waals surface area contributed by atoms with E-state index in [1.165, 1.54) is 0 Å². The molecule has 0 saturated heterocycles. The van der Waals surface area contributed by atoms with E-state index in [0.717, 1.165) is 16.9 Å². The largest absolute Gasteiger partial charge is 0.493 e. The van der Waals surface area contributed by atoms with E-state index >= 15 is 0 Å². The minimum Gasteiger partial charge on any atom is -0.493 e. The van der Waals surface area contributed by atoms with Gasteiger partial charge in [0, 0.05) is 17.9 Å². The van der Waals surface area contributed by atoms with E-state index in [1.807, 2.05) is 23.0 Å². The molecule has 0 saturated carbocycles. The Morgan fingerprint density at radius 2 is 1.73 bits per heavy atom. The van der Waals surface area contributed by atoms with Crippen LogP contribution in [-0.2, 0) is 10.3 Å². The zero-order valence-corrected chi connectivity index (χ0v) is 16.0. The number of aromatic nitrogens is 2. The number of amides is 1.